The van der Waals surface area contributed by atoms with Crippen LogP contribution < -0.4 is 0 Å². The van der Waals surface area contributed by atoms with Crippen LogP contribution in [-0.4, -0.2) is 46.8 Å². The average molecular weight is 209 g/mol. The van der Waals surface area contributed by atoms with Crippen LogP contribution in [0, 0.1) is 0 Å². The van der Waals surface area contributed by atoms with Gasteiger partial charge in [-0.25, -0.2) is 4.98 Å². The van der Waals surface area contributed by atoms with E-state index in [0.717, 1.165) is 32.7 Å². The number of imidazole rings is 1. The summed E-state index contributed by atoms with van der Waals surface area (Å²) in [5.74, 6) is 0. The number of rotatable bonds is 3. The number of morpholine rings is 1. The largest absolute Gasteiger partial charge is 0.379 e. The van der Waals surface area contributed by atoms with Crippen molar-refractivity contribution in [2.75, 3.05) is 26.3 Å². The Labute approximate surface area is 90.9 Å². The van der Waals surface area contributed by atoms with Gasteiger partial charge in [0.2, 0.25) is 0 Å². The minimum Gasteiger partial charge on any atom is -0.379 e. The highest BCUT2D eigenvalue weighted by atomic mass is 16.5. The monoisotopic (exact) mass is 209 g/mol. The summed E-state index contributed by atoms with van der Waals surface area (Å²) in [7, 11) is 2.01. The lowest BCUT2D eigenvalue weighted by Gasteiger charge is -2.31. The molecule has 0 radical (unpaired) electrons. The summed E-state index contributed by atoms with van der Waals surface area (Å²) in [5, 5.41) is 0. The van der Waals surface area contributed by atoms with Crippen molar-refractivity contribution in [3.8, 4) is 0 Å². The first-order valence-electron chi connectivity index (χ1n) is 5.54. The van der Waals surface area contributed by atoms with Crippen LogP contribution in [0.2, 0.25) is 0 Å². The van der Waals surface area contributed by atoms with Crippen molar-refractivity contribution in [1.29, 1.82) is 0 Å². The van der Waals surface area contributed by atoms with Crippen LogP contribution in [0.4, 0.5) is 0 Å². The van der Waals surface area contributed by atoms with Crippen LogP contribution in [0.3, 0.4) is 0 Å². The Kier molecular flexibility index (Phi) is 3.38. The van der Waals surface area contributed by atoms with Crippen LogP contribution in [0.25, 0.3) is 0 Å². The molecule has 1 aliphatic rings. The highest BCUT2D eigenvalue weighted by Gasteiger charge is 2.17. The number of ether oxygens (including phenoxy) is 1. The second kappa shape index (κ2) is 4.77. The third kappa shape index (κ3) is 2.79. The van der Waals surface area contributed by atoms with E-state index >= 15 is 0 Å². The SMILES string of the molecule is CC(Cc1cn(C)cn1)N1CCOCC1. The first-order valence-corrected chi connectivity index (χ1v) is 5.54. The third-order valence-electron chi connectivity index (χ3n) is 2.93. The lowest BCUT2D eigenvalue weighted by molar-refractivity contribution is 0.0202. The van der Waals surface area contributed by atoms with Gasteiger partial charge in [-0.3, -0.25) is 4.90 Å². The minimum absolute atomic E-state index is 0.559. The molecule has 1 saturated heterocycles. The normalized spacial score (nSPS) is 20.4. The maximum Gasteiger partial charge on any atom is 0.0946 e. The number of hydrogen-bond donors (Lipinski definition) is 0. The molecule has 1 unspecified atom stereocenters. The van der Waals surface area contributed by atoms with Gasteiger partial charge in [-0.05, 0) is 6.92 Å². The van der Waals surface area contributed by atoms with E-state index in [1.54, 1.807) is 0 Å². The van der Waals surface area contributed by atoms with Gasteiger partial charge in [0.25, 0.3) is 0 Å². The first-order chi connectivity index (χ1) is 7.25. The first kappa shape index (κ1) is 10.6. The lowest BCUT2D eigenvalue weighted by atomic mass is 10.1. The second-order valence-electron chi connectivity index (χ2n) is 4.23. The van der Waals surface area contributed by atoms with Crippen molar-refractivity contribution >= 4 is 0 Å². The quantitative estimate of drug-likeness (QED) is 0.733. The molecule has 1 fully saturated rings. The van der Waals surface area contributed by atoms with E-state index in [1.165, 1.54) is 5.69 Å². The molecule has 4 heteroatoms. The Morgan fingerprint density at radius 1 is 1.47 bits per heavy atom. The summed E-state index contributed by atoms with van der Waals surface area (Å²) in [6.45, 7) is 6.10. The van der Waals surface area contributed by atoms with Gasteiger partial charge in [-0.2, -0.15) is 0 Å². The molecule has 0 N–H and O–H groups in total. The molecule has 4 nitrogen and oxygen atoms in total. The van der Waals surface area contributed by atoms with E-state index in [2.05, 4.69) is 23.0 Å². The van der Waals surface area contributed by atoms with Gasteiger partial charge in [0.1, 0.15) is 0 Å². The van der Waals surface area contributed by atoms with Crippen molar-refractivity contribution in [3.63, 3.8) is 0 Å². The number of aromatic nitrogens is 2. The Hall–Kier alpha value is -0.870. The molecular weight excluding hydrogens is 190 g/mol. The van der Waals surface area contributed by atoms with Gasteiger partial charge in [0, 0.05) is 38.8 Å². The molecule has 1 aromatic heterocycles. The van der Waals surface area contributed by atoms with E-state index in [-0.39, 0.29) is 0 Å². The van der Waals surface area contributed by atoms with E-state index in [0.29, 0.717) is 6.04 Å². The van der Waals surface area contributed by atoms with Gasteiger partial charge >= 0.3 is 0 Å². The van der Waals surface area contributed by atoms with Gasteiger partial charge in [0.15, 0.2) is 0 Å². The zero-order valence-electron chi connectivity index (χ0n) is 9.52. The van der Waals surface area contributed by atoms with Crippen molar-refractivity contribution in [2.45, 2.75) is 19.4 Å². The number of aryl methyl sites for hydroxylation is 1. The minimum atomic E-state index is 0.559. The summed E-state index contributed by atoms with van der Waals surface area (Å²) in [4.78, 5) is 6.83. The third-order valence-corrected chi connectivity index (χ3v) is 2.93. The molecule has 0 saturated carbocycles. The van der Waals surface area contributed by atoms with Crippen LogP contribution in [-0.2, 0) is 18.2 Å². The fraction of sp³-hybridized carbons (Fsp3) is 0.727. The molecule has 1 atom stereocenters. The van der Waals surface area contributed by atoms with Crippen molar-refractivity contribution in [3.05, 3.63) is 18.2 Å². The molecule has 1 aliphatic heterocycles. The molecule has 1 aromatic rings. The highest BCUT2D eigenvalue weighted by Crippen LogP contribution is 2.08. The summed E-state index contributed by atoms with van der Waals surface area (Å²) in [6, 6.07) is 0.559. The molecule has 0 bridgehead atoms. The standard InChI is InChI=1S/C11H19N3O/c1-10(14-3-5-15-6-4-14)7-11-8-13(2)9-12-11/h8-10H,3-7H2,1-2H3. The van der Waals surface area contributed by atoms with Crippen LogP contribution in [0.15, 0.2) is 12.5 Å². The smallest absolute Gasteiger partial charge is 0.0946 e. The molecule has 84 valence electrons. The van der Waals surface area contributed by atoms with Gasteiger partial charge in [-0.15, -0.1) is 0 Å². The van der Waals surface area contributed by atoms with Crippen LogP contribution in [0.5, 0.6) is 0 Å². The zero-order valence-corrected chi connectivity index (χ0v) is 9.52. The topological polar surface area (TPSA) is 30.3 Å². The zero-order chi connectivity index (χ0) is 10.7. The van der Waals surface area contributed by atoms with Crippen molar-refractivity contribution in [2.24, 2.45) is 7.05 Å². The second-order valence-corrected chi connectivity index (χ2v) is 4.23. The highest BCUT2D eigenvalue weighted by molar-refractivity contribution is 4.98. The van der Waals surface area contributed by atoms with E-state index in [4.69, 9.17) is 4.74 Å². The Morgan fingerprint density at radius 3 is 2.80 bits per heavy atom. The van der Waals surface area contributed by atoms with Gasteiger partial charge in [0.05, 0.1) is 25.2 Å². The Bertz CT molecular complexity index is 305. The summed E-state index contributed by atoms with van der Waals surface area (Å²) in [6.07, 6.45) is 4.99. The summed E-state index contributed by atoms with van der Waals surface area (Å²) < 4.78 is 7.34. The summed E-state index contributed by atoms with van der Waals surface area (Å²) in [5.41, 5.74) is 1.18. The molecule has 15 heavy (non-hydrogen) atoms. The van der Waals surface area contributed by atoms with E-state index in [9.17, 15) is 0 Å². The number of nitrogens with zero attached hydrogens (tertiary/aromatic N) is 3. The number of hydrogen-bond acceptors (Lipinski definition) is 3. The maximum atomic E-state index is 5.34. The fourth-order valence-corrected chi connectivity index (χ4v) is 2.02. The Balaban J connectivity index is 1.88. The average Bonchev–Trinajstić information content (AvgIpc) is 2.65. The molecule has 2 heterocycles. The van der Waals surface area contributed by atoms with Crippen LogP contribution in [0.1, 0.15) is 12.6 Å². The molecule has 0 aliphatic carbocycles. The van der Waals surface area contributed by atoms with Crippen molar-refractivity contribution < 1.29 is 4.74 Å². The molecular formula is C11H19N3O. The Morgan fingerprint density at radius 2 is 2.20 bits per heavy atom. The van der Waals surface area contributed by atoms with Crippen LogP contribution >= 0.6 is 0 Å². The molecule has 2 rings (SSSR count). The molecule has 0 spiro atoms. The van der Waals surface area contributed by atoms with E-state index in [1.807, 2.05) is 17.9 Å². The van der Waals surface area contributed by atoms with Gasteiger partial charge in [-0.1, -0.05) is 0 Å². The summed E-state index contributed by atoms with van der Waals surface area (Å²) >= 11 is 0. The lowest BCUT2D eigenvalue weighted by Crippen LogP contribution is -2.43. The molecule has 0 aromatic carbocycles. The van der Waals surface area contributed by atoms with Gasteiger partial charge < -0.3 is 9.30 Å². The predicted molar refractivity (Wildman–Crippen MR) is 58.8 cm³/mol. The van der Waals surface area contributed by atoms with Crippen molar-refractivity contribution in [1.82, 2.24) is 14.5 Å². The predicted octanol–water partition coefficient (Wildman–Crippen LogP) is 0.683. The van der Waals surface area contributed by atoms with E-state index < -0.39 is 0 Å². The fourth-order valence-electron chi connectivity index (χ4n) is 2.02. The maximum absolute atomic E-state index is 5.34. The molecule has 0 amide bonds.